The van der Waals surface area contributed by atoms with Crippen LogP contribution in [0, 0.1) is 0 Å². The molecule has 1 aliphatic rings. The molecule has 0 amide bonds. The lowest BCUT2D eigenvalue weighted by Crippen LogP contribution is -1.85. The molecule has 0 aromatic heterocycles. The van der Waals surface area contributed by atoms with E-state index in [1.807, 2.05) is 0 Å². The highest BCUT2D eigenvalue weighted by molar-refractivity contribution is 7.85. The molecule has 1 aliphatic heterocycles. The minimum absolute atomic E-state index is 0.423. The molecule has 2 nitrogen and oxygen atoms in total. The highest BCUT2D eigenvalue weighted by atomic mass is 32.2. The molecule has 0 atom stereocenters. The summed E-state index contributed by atoms with van der Waals surface area (Å²) in [6.45, 7) is 0. The van der Waals surface area contributed by atoms with Crippen molar-refractivity contribution >= 4 is 21.6 Å². The van der Waals surface area contributed by atoms with Crippen molar-refractivity contribution in [1.82, 2.24) is 0 Å². The quantitative estimate of drug-likeness (QED) is 0.547. The van der Waals surface area contributed by atoms with Gasteiger partial charge in [-0.25, -0.2) is 0 Å². The van der Waals surface area contributed by atoms with Crippen molar-refractivity contribution in [1.29, 1.82) is 0 Å². The van der Waals surface area contributed by atoms with Crippen LogP contribution in [0.25, 0.3) is 0 Å². The fraction of sp³-hybridized carbons (Fsp3) is 1.00. The number of rotatable bonds is 0. The van der Waals surface area contributed by atoms with Crippen LogP contribution in [0.15, 0.2) is 0 Å². The zero-order chi connectivity index (χ0) is 7.98. The van der Waals surface area contributed by atoms with Crippen LogP contribution in [0.3, 0.4) is 0 Å². The first-order valence-electron chi connectivity index (χ1n) is 3.23. The van der Waals surface area contributed by atoms with Crippen molar-refractivity contribution in [2.45, 2.75) is 12.8 Å². The maximum absolute atomic E-state index is 10.4. The van der Waals surface area contributed by atoms with Crippen LogP contribution in [0.4, 0.5) is 0 Å². The molecule has 0 radical (unpaired) electrons. The van der Waals surface area contributed by atoms with Crippen molar-refractivity contribution < 1.29 is 8.42 Å². The van der Waals surface area contributed by atoms with Crippen LogP contribution >= 0.6 is 0 Å². The molecule has 0 spiro atoms. The SMILES string of the molecule is CS(C)=O.O=S1CCCC1. The lowest BCUT2D eigenvalue weighted by Gasteiger charge is -1.74. The van der Waals surface area contributed by atoms with Gasteiger partial charge in [0.05, 0.1) is 0 Å². The van der Waals surface area contributed by atoms with E-state index in [0.717, 1.165) is 11.5 Å². The van der Waals surface area contributed by atoms with E-state index in [1.165, 1.54) is 12.8 Å². The molecule has 0 bridgehead atoms. The van der Waals surface area contributed by atoms with E-state index in [1.54, 1.807) is 12.5 Å². The standard InChI is InChI=1S/C4H8OS.C2H6OS/c5-6-3-1-2-4-6;1-4(2)3/h1-4H2;1-2H3. The van der Waals surface area contributed by atoms with E-state index in [9.17, 15) is 8.42 Å². The molecule has 0 aromatic rings. The summed E-state index contributed by atoms with van der Waals surface area (Å²) in [6.07, 6.45) is 5.65. The molecule has 10 heavy (non-hydrogen) atoms. The summed E-state index contributed by atoms with van der Waals surface area (Å²) in [5.41, 5.74) is 0. The van der Waals surface area contributed by atoms with Gasteiger partial charge in [-0.05, 0) is 12.8 Å². The Morgan fingerprint density at radius 1 is 1.20 bits per heavy atom. The third kappa shape index (κ3) is 8.30. The van der Waals surface area contributed by atoms with Crippen LogP contribution in [0.1, 0.15) is 12.8 Å². The number of hydrogen-bond acceptors (Lipinski definition) is 2. The third-order valence-corrected chi connectivity index (χ3v) is 2.48. The van der Waals surface area contributed by atoms with E-state index in [-0.39, 0.29) is 0 Å². The van der Waals surface area contributed by atoms with Crippen LogP contribution in [0.5, 0.6) is 0 Å². The summed E-state index contributed by atoms with van der Waals surface area (Å²) in [6, 6.07) is 0. The smallest absolute Gasteiger partial charge is 0.0235 e. The van der Waals surface area contributed by atoms with Crippen LogP contribution in [0.2, 0.25) is 0 Å². The summed E-state index contributed by atoms with van der Waals surface area (Å²) in [5.74, 6) is 1.92. The summed E-state index contributed by atoms with van der Waals surface area (Å²) in [4.78, 5) is 0. The fourth-order valence-electron chi connectivity index (χ4n) is 0.628. The normalized spacial score (nSPS) is 18.7. The maximum atomic E-state index is 10.4. The maximum Gasteiger partial charge on any atom is 0.0235 e. The van der Waals surface area contributed by atoms with Gasteiger partial charge in [0.25, 0.3) is 0 Å². The molecule has 4 heteroatoms. The molecule has 0 unspecified atom stereocenters. The molecule has 0 aromatic carbocycles. The Morgan fingerprint density at radius 3 is 1.60 bits per heavy atom. The van der Waals surface area contributed by atoms with E-state index in [2.05, 4.69) is 0 Å². The molecule has 0 aliphatic carbocycles. The lowest BCUT2D eigenvalue weighted by atomic mass is 10.4. The lowest BCUT2D eigenvalue weighted by molar-refractivity contribution is 0.687. The summed E-state index contributed by atoms with van der Waals surface area (Å²) in [7, 11) is -1.03. The van der Waals surface area contributed by atoms with Crippen molar-refractivity contribution in [3.8, 4) is 0 Å². The Kier molecular flexibility index (Phi) is 6.22. The summed E-state index contributed by atoms with van der Waals surface area (Å²) < 4.78 is 19.9. The molecule has 0 N–H and O–H groups in total. The molecular weight excluding hydrogens is 168 g/mol. The average Bonchev–Trinajstić information content (AvgIpc) is 2.15. The predicted octanol–water partition coefficient (Wildman–Crippen LogP) is 0.524. The largest absolute Gasteiger partial charge is 0.260 e. The second-order valence-electron chi connectivity index (χ2n) is 2.30. The van der Waals surface area contributed by atoms with Gasteiger partial charge in [0.2, 0.25) is 0 Å². The van der Waals surface area contributed by atoms with E-state index in [4.69, 9.17) is 0 Å². The van der Waals surface area contributed by atoms with Crippen molar-refractivity contribution in [3.05, 3.63) is 0 Å². The minimum Gasteiger partial charge on any atom is -0.260 e. The first-order valence-corrected chi connectivity index (χ1v) is 6.68. The zero-order valence-corrected chi connectivity index (χ0v) is 8.09. The Morgan fingerprint density at radius 2 is 1.50 bits per heavy atom. The molecule has 1 rings (SSSR count). The van der Waals surface area contributed by atoms with Gasteiger partial charge in [-0.15, -0.1) is 0 Å². The molecule has 0 saturated carbocycles. The van der Waals surface area contributed by atoms with Crippen LogP contribution < -0.4 is 0 Å². The van der Waals surface area contributed by atoms with Gasteiger partial charge >= 0.3 is 0 Å². The number of hydrogen-bond donors (Lipinski definition) is 0. The molecular formula is C6H14O2S2. The Labute approximate surface area is 67.3 Å². The molecule has 1 saturated heterocycles. The van der Waals surface area contributed by atoms with Gasteiger partial charge in [0.15, 0.2) is 0 Å². The highest BCUT2D eigenvalue weighted by Gasteiger charge is 2.05. The van der Waals surface area contributed by atoms with Gasteiger partial charge in [-0.1, -0.05) is 0 Å². The van der Waals surface area contributed by atoms with Gasteiger partial charge < -0.3 is 0 Å². The minimum atomic E-state index is -0.611. The predicted molar refractivity (Wildman–Crippen MR) is 47.1 cm³/mol. The monoisotopic (exact) mass is 182 g/mol. The second-order valence-corrected chi connectivity index (χ2v) is 5.48. The Hall–Kier alpha value is 0.300. The van der Waals surface area contributed by atoms with Crippen molar-refractivity contribution in [3.63, 3.8) is 0 Å². The first kappa shape index (κ1) is 10.3. The fourth-order valence-corrected chi connectivity index (χ4v) is 1.88. The van der Waals surface area contributed by atoms with E-state index >= 15 is 0 Å². The zero-order valence-electron chi connectivity index (χ0n) is 6.46. The molecule has 1 heterocycles. The van der Waals surface area contributed by atoms with Crippen molar-refractivity contribution in [2.75, 3.05) is 24.0 Å². The van der Waals surface area contributed by atoms with E-state index < -0.39 is 21.6 Å². The van der Waals surface area contributed by atoms with Crippen LogP contribution in [-0.2, 0) is 21.6 Å². The van der Waals surface area contributed by atoms with Crippen molar-refractivity contribution in [2.24, 2.45) is 0 Å². The van der Waals surface area contributed by atoms with Gasteiger partial charge in [-0.3, -0.25) is 8.42 Å². The van der Waals surface area contributed by atoms with E-state index in [0.29, 0.717) is 0 Å². The highest BCUT2D eigenvalue weighted by Crippen LogP contribution is 2.03. The topological polar surface area (TPSA) is 34.1 Å². The second kappa shape index (κ2) is 6.04. The van der Waals surface area contributed by atoms with Gasteiger partial charge in [0.1, 0.15) is 0 Å². The first-order chi connectivity index (χ1) is 4.63. The molecule has 1 fully saturated rings. The molecule has 62 valence electrons. The summed E-state index contributed by atoms with van der Waals surface area (Å²) >= 11 is 0. The Balaban J connectivity index is 0.000000180. The third-order valence-electron chi connectivity index (χ3n) is 0.994. The van der Waals surface area contributed by atoms with Gasteiger partial charge in [0, 0.05) is 45.6 Å². The Bertz CT molecular complexity index is 122. The van der Waals surface area contributed by atoms with Gasteiger partial charge in [-0.2, -0.15) is 0 Å². The average molecular weight is 182 g/mol. The summed E-state index contributed by atoms with van der Waals surface area (Å²) in [5, 5.41) is 0. The van der Waals surface area contributed by atoms with Crippen LogP contribution in [-0.4, -0.2) is 32.4 Å².